The first-order valence-electron chi connectivity index (χ1n) is 6.60. The van der Waals surface area contributed by atoms with Crippen LogP contribution in [0.15, 0.2) is 40.9 Å². The zero-order valence-electron chi connectivity index (χ0n) is 12.2. The van der Waals surface area contributed by atoms with E-state index in [2.05, 4.69) is 21.2 Å². The van der Waals surface area contributed by atoms with Crippen molar-refractivity contribution in [3.05, 3.63) is 52.3 Å². The van der Waals surface area contributed by atoms with Gasteiger partial charge < -0.3 is 15.3 Å². The van der Waals surface area contributed by atoms with Gasteiger partial charge in [-0.3, -0.25) is 0 Å². The molecule has 0 aromatic heterocycles. The molecular formula is C16H18BrFN2O. The van der Waals surface area contributed by atoms with Crippen molar-refractivity contribution in [2.45, 2.75) is 13.0 Å². The van der Waals surface area contributed by atoms with Gasteiger partial charge in [0, 0.05) is 24.1 Å². The molecule has 0 aliphatic carbocycles. The molecule has 2 aromatic carbocycles. The number of nitrogens with zero attached hydrogens (tertiary/aromatic N) is 1. The summed E-state index contributed by atoms with van der Waals surface area (Å²) < 4.78 is 14.3. The summed E-state index contributed by atoms with van der Waals surface area (Å²) in [7, 11) is 3.91. The fourth-order valence-electron chi connectivity index (χ4n) is 2.20. The molecule has 0 aliphatic rings. The van der Waals surface area contributed by atoms with Crippen molar-refractivity contribution in [2.75, 3.05) is 24.3 Å². The monoisotopic (exact) mass is 352 g/mol. The topological polar surface area (TPSA) is 35.5 Å². The Balaban J connectivity index is 2.33. The Hall–Kier alpha value is -1.75. The van der Waals surface area contributed by atoms with Gasteiger partial charge in [0.15, 0.2) is 0 Å². The first-order chi connectivity index (χ1) is 9.88. The lowest BCUT2D eigenvalue weighted by atomic mass is 10.1. The standard InChI is InChI=1S/C16H18BrFN2O/c1-10(13-9-12(18)5-7-16(13)21)19-14-8-11(17)4-6-15(14)20(2)3/h4-10,19,21H,1-3H3. The number of hydrogen-bond donors (Lipinski definition) is 2. The largest absolute Gasteiger partial charge is 0.508 e. The van der Waals surface area contributed by atoms with Crippen LogP contribution >= 0.6 is 15.9 Å². The van der Waals surface area contributed by atoms with Crippen LogP contribution in [0, 0.1) is 5.82 Å². The van der Waals surface area contributed by atoms with Crippen molar-refractivity contribution in [1.29, 1.82) is 0 Å². The van der Waals surface area contributed by atoms with Crippen molar-refractivity contribution in [3.8, 4) is 5.75 Å². The molecule has 0 fully saturated rings. The second-order valence-corrected chi connectivity index (χ2v) is 6.04. The zero-order valence-corrected chi connectivity index (χ0v) is 13.8. The first-order valence-corrected chi connectivity index (χ1v) is 7.39. The van der Waals surface area contributed by atoms with E-state index in [0.717, 1.165) is 15.8 Å². The lowest BCUT2D eigenvalue weighted by Crippen LogP contribution is -2.14. The first kappa shape index (κ1) is 15.6. The van der Waals surface area contributed by atoms with Crippen molar-refractivity contribution < 1.29 is 9.50 Å². The molecule has 3 nitrogen and oxygen atoms in total. The number of rotatable bonds is 4. The van der Waals surface area contributed by atoms with Crippen molar-refractivity contribution in [2.24, 2.45) is 0 Å². The lowest BCUT2D eigenvalue weighted by molar-refractivity contribution is 0.462. The highest BCUT2D eigenvalue weighted by Gasteiger charge is 2.14. The van der Waals surface area contributed by atoms with Crippen LogP contribution in [0.25, 0.3) is 0 Å². The number of nitrogens with one attached hydrogen (secondary N) is 1. The van der Waals surface area contributed by atoms with Gasteiger partial charge in [0.25, 0.3) is 0 Å². The van der Waals surface area contributed by atoms with Crippen LogP contribution < -0.4 is 10.2 Å². The van der Waals surface area contributed by atoms with E-state index in [1.807, 2.05) is 44.1 Å². The van der Waals surface area contributed by atoms with E-state index in [9.17, 15) is 9.50 Å². The molecule has 112 valence electrons. The SMILES string of the molecule is CC(Nc1cc(Br)ccc1N(C)C)c1cc(F)ccc1O. The van der Waals surface area contributed by atoms with Gasteiger partial charge in [-0.2, -0.15) is 0 Å². The Morgan fingerprint density at radius 3 is 2.57 bits per heavy atom. The normalized spacial score (nSPS) is 12.0. The Kier molecular flexibility index (Phi) is 4.73. The van der Waals surface area contributed by atoms with Crippen LogP contribution in [0.5, 0.6) is 5.75 Å². The third-order valence-corrected chi connectivity index (χ3v) is 3.76. The summed E-state index contributed by atoms with van der Waals surface area (Å²) in [6, 6.07) is 9.65. The third kappa shape index (κ3) is 3.67. The van der Waals surface area contributed by atoms with Crippen LogP contribution in [-0.4, -0.2) is 19.2 Å². The molecule has 0 spiro atoms. The van der Waals surface area contributed by atoms with Crippen LogP contribution in [0.1, 0.15) is 18.5 Å². The van der Waals surface area contributed by atoms with Gasteiger partial charge in [-0.25, -0.2) is 4.39 Å². The Morgan fingerprint density at radius 1 is 1.19 bits per heavy atom. The second kappa shape index (κ2) is 6.35. The average Bonchev–Trinajstić information content (AvgIpc) is 2.41. The predicted octanol–water partition coefficient (Wildman–Crippen LogP) is 4.53. The van der Waals surface area contributed by atoms with Gasteiger partial charge in [0.05, 0.1) is 17.4 Å². The highest BCUT2D eigenvalue weighted by atomic mass is 79.9. The molecule has 1 atom stereocenters. The van der Waals surface area contributed by atoms with Gasteiger partial charge in [-0.05, 0) is 43.3 Å². The molecular weight excluding hydrogens is 335 g/mol. The summed E-state index contributed by atoms with van der Waals surface area (Å²) in [6.07, 6.45) is 0. The number of aromatic hydroxyl groups is 1. The fourth-order valence-corrected chi connectivity index (χ4v) is 2.56. The van der Waals surface area contributed by atoms with Gasteiger partial charge in [-0.1, -0.05) is 15.9 Å². The quantitative estimate of drug-likeness (QED) is 0.848. The van der Waals surface area contributed by atoms with Gasteiger partial charge >= 0.3 is 0 Å². The maximum atomic E-state index is 13.4. The smallest absolute Gasteiger partial charge is 0.123 e. The maximum absolute atomic E-state index is 13.4. The Bertz CT molecular complexity index is 646. The molecule has 0 amide bonds. The molecule has 2 N–H and O–H groups in total. The molecule has 0 aliphatic heterocycles. The average molecular weight is 353 g/mol. The van der Waals surface area contributed by atoms with Crippen LogP contribution in [0.4, 0.5) is 15.8 Å². The van der Waals surface area contributed by atoms with E-state index in [1.54, 1.807) is 0 Å². The van der Waals surface area contributed by atoms with E-state index in [-0.39, 0.29) is 17.6 Å². The highest BCUT2D eigenvalue weighted by molar-refractivity contribution is 9.10. The van der Waals surface area contributed by atoms with Crippen molar-refractivity contribution in [3.63, 3.8) is 0 Å². The Morgan fingerprint density at radius 2 is 1.90 bits per heavy atom. The summed E-state index contributed by atoms with van der Waals surface area (Å²) >= 11 is 3.45. The molecule has 0 heterocycles. The highest BCUT2D eigenvalue weighted by Crippen LogP contribution is 2.33. The maximum Gasteiger partial charge on any atom is 0.123 e. The third-order valence-electron chi connectivity index (χ3n) is 3.27. The molecule has 0 bridgehead atoms. The van der Waals surface area contributed by atoms with Crippen LogP contribution in [0.3, 0.4) is 0 Å². The number of phenols is 1. The summed E-state index contributed by atoms with van der Waals surface area (Å²) in [5, 5.41) is 13.2. The number of benzene rings is 2. The zero-order chi connectivity index (χ0) is 15.6. The number of anilines is 2. The molecule has 0 radical (unpaired) electrons. The molecule has 5 heteroatoms. The fraction of sp³-hybridized carbons (Fsp3) is 0.250. The summed E-state index contributed by atoms with van der Waals surface area (Å²) in [4.78, 5) is 1.99. The lowest BCUT2D eigenvalue weighted by Gasteiger charge is -2.23. The minimum Gasteiger partial charge on any atom is -0.508 e. The van der Waals surface area contributed by atoms with E-state index in [1.165, 1.54) is 18.2 Å². The van der Waals surface area contributed by atoms with Gasteiger partial charge in [0.1, 0.15) is 11.6 Å². The molecule has 1 unspecified atom stereocenters. The van der Waals surface area contributed by atoms with Crippen molar-refractivity contribution >= 4 is 27.3 Å². The second-order valence-electron chi connectivity index (χ2n) is 5.13. The molecule has 2 rings (SSSR count). The molecule has 0 saturated heterocycles. The van der Waals surface area contributed by atoms with Crippen LogP contribution in [-0.2, 0) is 0 Å². The number of halogens is 2. The van der Waals surface area contributed by atoms with Gasteiger partial charge in [-0.15, -0.1) is 0 Å². The minimum atomic E-state index is -0.362. The summed E-state index contributed by atoms with van der Waals surface area (Å²) in [6.45, 7) is 1.88. The van der Waals surface area contributed by atoms with Gasteiger partial charge in [0.2, 0.25) is 0 Å². The Labute approximate surface area is 132 Å². The van der Waals surface area contributed by atoms with Crippen molar-refractivity contribution in [1.82, 2.24) is 0 Å². The number of phenolic OH excluding ortho intramolecular Hbond substituents is 1. The predicted molar refractivity (Wildman–Crippen MR) is 88.6 cm³/mol. The summed E-state index contributed by atoms with van der Waals surface area (Å²) in [5.74, 6) is -0.281. The van der Waals surface area contributed by atoms with Crippen LogP contribution in [0.2, 0.25) is 0 Å². The van der Waals surface area contributed by atoms with E-state index in [0.29, 0.717) is 5.56 Å². The molecule has 2 aromatic rings. The van der Waals surface area contributed by atoms with E-state index in [4.69, 9.17) is 0 Å². The molecule has 21 heavy (non-hydrogen) atoms. The van der Waals surface area contributed by atoms with E-state index < -0.39 is 0 Å². The molecule has 0 saturated carbocycles. The number of hydrogen-bond acceptors (Lipinski definition) is 3. The summed E-state index contributed by atoms with van der Waals surface area (Å²) in [5.41, 5.74) is 2.45. The van der Waals surface area contributed by atoms with E-state index >= 15 is 0 Å². The minimum absolute atomic E-state index is 0.0813.